The Labute approximate surface area is 214 Å². The minimum atomic E-state index is -2.94. The number of carbonyl (C=O) groups is 1. The van der Waals surface area contributed by atoms with E-state index < -0.39 is 9.84 Å². The van der Waals surface area contributed by atoms with Crippen LogP contribution in [0.15, 0.2) is 35.5 Å². The largest absolute Gasteiger partial charge is 0.349 e. The van der Waals surface area contributed by atoms with Gasteiger partial charge in [-0.05, 0) is 68.4 Å². The number of hydrogen-bond acceptors (Lipinski definition) is 8. The van der Waals surface area contributed by atoms with Gasteiger partial charge in [-0.15, -0.1) is 23.1 Å². The van der Waals surface area contributed by atoms with Crippen LogP contribution in [0, 0.1) is 11.8 Å². The third-order valence-corrected chi connectivity index (χ3v) is 10.5. The van der Waals surface area contributed by atoms with E-state index in [1.54, 1.807) is 23.1 Å². The van der Waals surface area contributed by atoms with Crippen molar-refractivity contribution in [2.24, 2.45) is 11.8 Å². The Bertz CT molecular complexity index is 1290. The summed E-state index contributed by atoms with van der Waals surface area (Å²) in [6.45, 7) is 0. The fourth-order valence-electron chi connectivity index (χ4n) is 5.11. The van der Waals surface area contributed by atoms with Crippen molar-refractivity contribution in [2.45, 2.75) is 55.9 Å². The number of nitrogens with zero attached hydrogens (tertiary/aromatic N) is 3. The molecule has 5 rings (SSSR count). The van der Waals surface area contributed by atoms with E-state index in [4.69, 9.17) is 4.98 Å². The van der Waals surface area contributed by atoms with E-state index >= 15 is 0 Å². The number of carbonyl (C=O) groups excluding carboxylic acids is 1. The third kappa shape index (κ3) is 6.21. The molecular formula is C25H30N4O3S3. The fourth-order valence-corrected chi connectivity index (χ4v) is 8.04. The maximum Gasteiger partial charge on any atom is 0.251 e. The minimum Gasteiger partial charge on any atom is -0.349 e. The predicted molar refractivity (Wildman–Crippen MR) is 141 cm³/mol. The van der Waals surface area contributed by atoms with Gasteiger partial charge in [0.05, 0.1) is 26.7 Å². The number of amides is 1. The molecule has 0 radical (unpaired) electrons. The SMILES string of the molecule is CSc1cnc(C[C@H]2CC[C@H](Cc3nc4ccc(C(=O)NC5CCS(=O)(=O)CC5)cc4s3)C2)nc1. The van der Waals surface area contributed by atoms with Gasteiger partial charge in [0.25, 0.3) is 5.91 Å². The third-order valence-electron chi connectivity index (χ3n) is 7.09. The molecule has 1 aliphatic carbocycles. The number of rotatable bonds is 7. The average molecular weight is 531 g/mol. The van der Waals surface area contributed by atoms with Crippen molar-refractivity contribution in [3.05, 3.63) is 47.0 Å². The van der Waals surface area contributed by atoms with Crippen molar-refractivity contribution in [1.82, 2.24) is 20.3 Å². The zero-order chi connectivity index (χ0) is 24.4. The molecule has 3 heterocycles. The normalized spacial score (nSPS) is 22.4. The van der Waals surface area contributed by atoms with Crippen LogP contribution in [0.3, 0.4) is 0 Å². The fraction of sp³-hybridized carbons (Fsp3) is 0.520. The van der Waals surface area contributed by atoms with Crippen LogP contribution in [-0.4, -0.2) is 53.1 Å². The molecule has 35 heavy (non-hydrogen) atoms. The van der Waals surface area contributed by atoms with Crippen LogP contribution in [0.4, 0.5) is 0 Å². The summed E-state index contributed by atoms with van der Waals surface area (Å²) in [6.07, 6.45) is 12.3. The van der Waals surface area contributed by atoms with E-state index in [0.29, 0.717) is 30.2 Å². The number of fused-ring (bicyclic) bond motifs is 1. The lowest BCUT2D eigenvalue weighted by Crippen LogP contribution is -2.40. The molecule has 1 saturated carbocycles. The molecule has 2 fully saturated rings. The van der Waals surface area contributed by atoms with Crippen LogP contribution in [-0.2, 0) is 22.7 Å². The first-order valence-corrected chi connectivity index (χ1v) is 16.0. The molecular weight excluding hydrogens is 501 g/mol. The van der Waals surface area contributed by atoms with Gasteiger partial charge in [-0.1, -0.05) is 0 Å². The maximum absolute atomic E-state index is 12.7. The lowest BCUT2D eigenvalue weighted by molar-refractivity contribution is 0.0934. The number of thiazole rings is 1. The van der Waals surface area contributed by atoms with Crippen LogP contribution in [0.1, 0.15) is 53.3 Å². The average Bonchev–Trinajstić information content (AvgIpc) is 3.46. The van der Waals surface area contributed by atoms with E-state index in [1.807, 2.05) is 36.8 Å². The van der Waals surface area contributed by atoms with Crippen LogP contribution in [0.25, 0.3) is 10.2 Å². The van der Waals surface area contributed by atoms with Crippen molar-refractivity contribution >= 4 is 49.1 Å². The Kier molecular flexibility index (Phi) is 7.41. The van der Waals surface area contributed by atoms with Gasteiger partial charge in [0.15, 0.2) is 0 Å². The highest BCUT2D eigenvalue weighted by atomic mass is 32.2. The molecule has 1 aliphatic heterocycles. The molecule has 0 unspecified atom stereocenters. The Morgan fingerprint density at radius 2 is 1.80 bits per heavy atom. The standard InChI is InChI=1S/C25H30N4O3S3/c1-33-20-14-26-23(27-15-20)11-16-2-3-17(10-16)12-24-29-21-5-4-18(13-22(21)34-24)25(30)28-19-6-8-35(31,32)9-7-19/h4-5,13-17,19H,2-3,6-12H2,1H3,(H,28,30)/t16-,17-/m0/s1. The Hall–Kier alpha value is -2.04. The number of nitrogens with one attached hydrogen (secondary N) is 1. The second-order valence-corrected chi connectivity index (χ2v) is 14.0. The van der Waals surface area contributed by atoms with Gasteiger partial charge < -0.3 is 5.32 Å². The second-order valence-electron chi connectivity index (χ2n) is 9.68. The predicted octanol–water partition coefficient (Wildman–Crippen LogP) is 4.32. The molecule has 0 spiro atoms. The smallest absolute Gasteiger partial charge is 0.251 e. The number of hydrogen-bond donors (Lipinski definition) is 1. The summed E-state index contributed by atoms with van der Waals surface area (Å²) >= 11 is 3.33. The first-order valence-electron chi connectivity index (χ1n) is 12.1. The van der Waals surface area contributed by atoms with Crippen LogP contribution in [0.2, 0.25) is 0 Å². The van der Waals surface area contributed by atoms with Gasteiger partial charge in [-0.25, -0.2) is 23.4 Å². The molecule has 7 nitrogen and oxygen atoms in total. The summed E-state index contributed by atoms with van der Waals surface area (Å²) in [5.74, 6) is 2.34. The summed E-state index contributed by atoms with van der Waals surface area (Å²) in [6, 6.07) is 5.57. The van der Waals surface area contributed by atoms with Crippen LogP contribution in [0.5, 0.6) is 0 Å². The summed E-state index contributed by atoms with van der Waals surface area (Å²) in [5.41, 5.74) is 1.54. The zero-order valence-electron chi connectivity index (χ0n) is 19.8. The van der Waals surface area contributed by atoms with Gasteiger partial charge in [0.1, 0.15) is 15.7 Å². The van der Waals surface area contributed by atoms with Gasteiger partial charge in [0.2, 0.25) is 0 Å². The summed E-state index contributed by atoms with van der Waals surface area (Å²) in [4.78, 5) is 27.7. The highest BCUT2D eigenvalue weighted by Crippen LogP contribution is 2.36. The van der Waals surface area contributed by atoms with Crippen molar-refractivity contribution in [3.8, 4) is 0 Å². The van der Waals surface area contributed by atoms with Crippen molar-refractivity contribution in [3.63, 3.8) is 0 Å². The molecule has 3 aromatic rings. The molecule has 0 bridgehead atoms. The van der Waals surface area contributed by atoms with Crippen molar-refractivity contribution < 1.29 is 13.2 Å². The Balaban J connectivity index is 1.17. The van der Waals surface area contributed by atoms with Crippen LogP contribution < -0.4 is 5.32 Å². The van der Waals surface area contributed by atoms with E-state index in [-0.39, 0.29) is 23.5 Å². The highest BCUT2D eigenvalue weighted by Gasteiger charge is 2.27. The molecule has 1 saturated heterocycles. The Morgan fingerprint density at radius 1 is 1.09 bits per heavy atom. The van der Waals surface area contributed by atoms with Gasteiger partial charge in [-0.2, -0.15) is 0 Å². The van der Waals surface area contributed by atoms with Gasteiger partial charge >= 0.3 is 0 Å². The van der Waals surface area contributed by atoms with Gasteiger partial charge in [-0.3, -0.25) is 4.79 Å². The first-order chi connectivity index (χ1) is 16.9. The van der Waals surface area contributed by atoms with Crippen molar-refractivity contribution in [1.29, 1.82) is 0 Å². The van der Waals surface area contributed by atoms with Gasteiger partial charge in [0, 0.05) is 41.7 Å². The molecule has 1 aromatic carbocycles. The molecule has 2 aromatic heterocycles. The van der Waals surface area contributed by atoms with E-state index in [0.717, 1.165) is 38.8 Å². The topological polar surface area (TPSA) is 102 Å². The van der Waals surface area contributed by atoms with E-state index in [9.17, 15) is 13.2 Å². The number of thioether (sulfide) groups is 1. The number of aromatic nitrogens is 3. The number of sulfone groups is 1. The molecule has 1 N–H and O–H groups in total. The molecule has 2 aliphatic rings. The lowest BCUT2D eigenvalue weighted by atomic mass is 9.99. The molecule has 1 amide bonds. The summed E-state index contributed by atoms with van der Waals surface area (Å²) in [7, 11) is -2.94. The summed E-state index contributed by atoms with van der Waals surface area (Å²) in [5, 5.41) is 4.13. The quantitative estimate of drug-likeness (QED) is 0.454. The second kappa shape index (κ2) is 10.5. The highest BCUT2D eigenvalue weighted by molar-refractivity contribution is 7.98. The van der Waals surface area contributed by atoms with Crippen molar-refractivity contribution in [2.75, 3.05) is 17.8 Å². The van der Waals surface area contributed by atoms with E-state index in [2.05, 4.69) is 15.3 Å². The maximum atomic E-state index is 12.7. The lowest BCUT2D eigenvalue weighted by Gasteiger charge is -2.23. The molecule has 2 atom stereocenters. The molecule has 186 valence electrons. The van der Waals surface area contributed by atoms with E-state index in [1.165, 1.54) is 19.3 Å². The summed E-state index contributed by atoms with van der Waals surface area (Å²) < 4.78 is 24.3. The minimum absolute atomic E-state index is 0.0806. The zero-order valence-corrected chi connectivity index (χ0v) is 22.2. The van der Waals surface area contributed by atoms with Crippen LogP contribution >= 0.6 is 23.1 Å². The molecule has 10 heteroatoms. The monoisotopic (exact) mass is 530 g/mol. The first kappa shape index (κ1) is 24.6. The number of benzene rings is 1. The Morgan fingerprint density at radius 3 is 2.51 bits per heavy atom.